The lowest BCUT2D eigenvalue weighted by atomic mass is 9.97. The molecule has 1 fully saturated rings. The van der Waals surface area contributed by atoms with E-state index in [4.69, 9.17) is 4.74 Å². The summed E-state index contributed by atoms with van der Waals surface area (Å²) in [6.45, 7) is 2.33. The first-order chi connectivity index (χ1) is 15.2. The van der Waals surface area contributed by atoms with Gasteiger partial charge >= 0.3 is 11.8 Å². The number of nitrogens with one attached hydrogen (secondary N) is 2. The molecule has 0 radical (unpaired) electrons. The number of para-hydroxylation sites is 2. The molecule has 1 heterocycles. The van der Waals surface area contributed by atoms with Crippen LogP contribution < -0.4 is 15.4 Å². The molecule has 0 aliphatic carbocycles. The van der Waals surface area contributed by atoms with Crippen LogP contribution in [0.15, 0.2) is 66.7 Å². The molecule has 6 nitrogen and oxygen atoms in total. The third-order valence-corrected chi connectivity index (χ3v) is 5.78. The average Bonchev–Trinajstić information content (AvgIpc) is 3.34. The summed E-state index contributed by atoms with van der Waals surface area (Å²) < 4.78 is 5.24. The SMILES string of the molecule is COc1ccccc1NC(=O)C(=O)NCC(c1cccc2ccccc12)N1CCCC1. The van der Waals surface area contributed by atoms with Gasteiger partial charge in [-0.15, -0.1) is 0 Å². The summed E-state index contributed by atoms with van der Waals surface area (Å²) in [6, 6.07) is 21.6. The Kier molecular flexibility index (Phi) is 6.48. The van der Waals surface area contributed by atoms with E-state index in [2.05, 4.69) is 45.9 Å². The lowest BCUT2D eigenvalue weighted by molar-refractivity contribution is -0.136. The van der Waals surface area contributed by atoms with Crippen LogP contribution in [0.25, 0.3) is 10.8 Å². The van der Waals surface area contributed by atoms with Gasteiger partial charge in [-0.3, -0.25) is 14.5 Å². The number of fused-ring (bicyclic) bond motifs is 1. The Hall–Kier alpha value is -3.38. The van der Waals surface area contributed by atoms with Crippen molar-refractivity contribution in [2.24, 2.45) is 0 Å². The molecule has 3 aromatic rings. The lowest BCUT2D eigenvalue weighted by Gasteiger charge is -2.29. The van der Waals surface area contributed by atoms with Crippen molar-refractivity contribution in [1.29, 1.82) is 0 Å². The third-order valence-electron chi connectivity index (χ3n) is 5.78. The van der Waals surface area contributed by atoms with E-state index in [1.165, 1.54) is 23.4 Å². The predicted molar refractivity (Wildman–Crippen MR) is 122 cm³/mol. The lowest BCUT2D eigenvalue weighted by Crippen LogP contribution is -2.41. The molecule has 6 heteroatoms. The zero-order valence-electron chi connectivity index (χ0n) is 17.6. The second-order valence-electron chi connectivity index (χ2n) is 7.69. The number of carbonyl (C=O) groups excluding carboxylic acids is 2. The molecule has 2 amide bonds. The van der Waals surface area contributed by atoms with E-state index in [-0.39, 0.29) is 6.04 Å². The molecule has 0 bridgehead atoms. The topological polar surface area (TPSA) is 70.7 Å². The quantitative estimate of drug-likeness (QED) is 0.600. The number of amides is 2. The molecule has 3 aromatic carbocycles. The number of methoxy groups -OCH3 is 1. The highest BCUT2D eigenvalue weighted by molar-refractivity contribution is 6.39. The van der Waals surface area contributed by atoms with Crippen LogP contribution in [0, 0.1) is 0 Å². The highest BCUT2D eigenvalue weighted by Gasteiger charge is 2.26. The molecule has 4 rings (SSSR count). The van der Waals surface area contributed by atoms with Crippen molar-refractivity contribution in [2.45, 2.75) is 18.9 Å². The Balaban J connectivity index is 1.50. The summed E-state index contributed by atoms with van der Waals surface area (Å²) in [7, 11) is 1.52. The van der Waals surface area contributed by atoms with Crippen LogP contribution >= 0.6 is 0 Å². The van der Waals surface area contributed by atoms with E-state index in [0.717, 1.165) is 25.9 Å². The Bertz CT molecular complexity index is 1070. The number of carbonyl (C=O) groups is 2. The van der Waals surface area contributed by atoms with Gasteiger partial charge in [0.25, 0.3) is 0 Å². The molecule has 1 aliphatic heterocycles. The second-order valence-corrected chi connectivity index (χ2v) is 7.69. The van der Waals surface area contributed by atoms with Gasteiger partial charge in [-0.2, -0.15) is 0 Å². The molecule has 0 aromatic heterocycles. The van der Waals surface area contributed by atoms with Gasteiger partial charge in [-0.1, -0.05) is 54.6 Å². The van der Waals surface area contributed by atoms with Crippen LogP contribution in [0.4, 0.5) is 5.69 Å². The van der Waals surface area contributed by atoms with Crippen LogP contribution in [0.2, 0.25) is 0 Å². The molecular weight excluding hydrogens is 390 g/mol. The maximum Gasteiger partial charge on any atom is 0.313 e. The summed E-state index contributed by atoms with van der Waals surface area (Å²) in [5, 5.41) is 7.83. The minimum Gasteiger partial charge on any atom is -0.495 e. The first kappa shape index (κ1) is 20.9. The average molecular weight is 418 g/mol. The Morgan fingerprint density at radius 2 is 1.65 bits per heavy atom. The van der Waals surface area contributed by atoms with Gasteiger partial charge in [0.05, 0.1) is 18.8 Å². The van der Waals surface area contributed by atoms with Crippen LogP contribution in [0.1, 0.15) is 24.4 Å². The molecule has 1 aliphatic rings. The van der Waals surface area contributed by atoms with Crippen molar-refractivity contribution in [2.75, 3.05) is 32.1 Å². The normalized spacial score (nSPS) is 14.9. The predicted octanol–water partition coefficient (Wildman–Crippen LogP) is 3.74. The first-order valence-corrected chi connectivity index (χ1v) is 10.6. The number of likely N-dealkylation sites (tertiary alicyclic amines) is 1. The van der Waals surface area contributed by atoms with Crippen molar-refractivity contribution in [3.05, 3.63) is 72.3 Å². The van der Waals surface area contributed by atoms with E-state index in [0.29, 0.717) is 18.0 Å². The third kappa shape index (κ3) is 4.70. The Morgan fingerprint density at radius 3 is 2.45 bits per heavy atom. The monoisotopic (exact) mass is 417 g/mol. The highest BCUT2D eigenvalue weighted by Crippen LogP contribution is 2.30. The highest BCUT2D eigenvalue weighted by atomic mass is 16.5. The van der Waals surface area contributed by atoms with Gasteiger partial charge in [0.1, 0.15) is 5.75 Å². The van der Waals surface area contributed by atoms with Gasteiger partial charge < -0.3 is 15.4 Å². The Labute approximate surface area is 182 Å². The van der Waals surface area contributed by atoms with Crippen molar-refractivity contribution in [3.8, 4) is 5.75 Å². The molecule has 0 spiro atoms. The standard InChI is InChI=1S/C25H27N3O3/c1-31-23-14-5-4-13-21(23)27-25(30)24(29)26-17-22(28-15-6-7-16-28)20-12-8-10-18-9-2-3-11-19(18)20/h2-5,8-14,22H,6-7,15-17H2,1H3,(H,26,29)(H,27,30). The number of hydrogen-bond donors (Lipinski definition) is 2. The minimum atomic E-state index is -0.706. The fourth-order valence-electron chi connectivity index (χ4n) is 4.23. The largest absolute Gasteiger partial charge is 0.495 e. The van der Waals surface area contributed by atoms with Crippen LogP contribution in [0.5, 0.6) is 5.75 Å². The fourth-order valence-corrected chi connectivity index (χ4v) is 4.23. The van der Waals surface area contributed by atoms with Gasteiger partial charge in [-0.05, 0) is 54.4 Å². The zero-order chi connectivity index (χ0) is 21.6. The number of hydrogen-bond acceptors (Lipinski definition) is 4. The molecule has 1 saturated heterocycles. The summed E-state index contributed by atoms with van der Waals surface area (Å²) >= 11 is 0. The molecule has 31 heavy (non-hydrogen) atoms. The van der Waals surface area contributed by atoms with Crippen LogP contribution in [-0.4, -0.2) is 43.5 Å². The number of rotatable bonds is 6. The van der Waals surface area contributed by atoms with Gasteiger partial charge in [-0.25, -0.2) is 0 Å². The van der Waals surface area contributed by atoms with E-state index < -0.39 is 11.8 Å². The summed E-state index contributed by atoms with van der Waals surface area (Å²) in [5.41, 5.74) is 1.64. The van der Waals surface area contributed by atoms with E-state index >= 15 is 0 Å². The van der Waals surface area contributed by atoms with E-state index in [1.54, 1.807) is 24.3 Å². The summed E-state index contributed by atoms with van der Waals surface area (Å²) in [5.74, 6) is -0.854. The van der Waals surface area contributed by atoms with Crippen molar-refractivity contribution >= 4 is 28.3 Å². The van der Waals surface area contributed by atoms with Crippen molar-refractivity contribution in [3.63, 3.8) is 0 Å². The van der Waals surface area contributed by atoms with Crippen molar-refractivity contribution < 1.29 is 14.3 Å². The molecule has 1 atom stereocenters. The van der Waals surface area contributed by atoms with E-state index in [1.807, 2.05) is 12.1 Å². The van der Waals surface area contributed by atoms with Gasteiger partial charge in [0.2, 0.25) is 0 Å². The number of ether oxygens (including phenoxy) is 1. The van der Waals surface area contributed by atoms with Crippen molar-refractivity contribution in [1.82, 2.24) is 10.2 Å². The van der Waals surface area contributed by atoms with Crippen LogP contribution in [0.3, 0.4) is 0 Å². The molecule has 2 N–H and O–H groups in total. The minimum absolute atomic E-state index is 0.0108. The Morgan fingerprint density at radius 1 is 0.935 bits per heavy atom. The maximum atomic E-state index is 12.6. The first-order valence-electron chi connectivity index (χ1n) is 10.6. The second kappa shape index (κ2) is 9.62. The molecule has 0 saturated carbocycles. The molecule has 1 unspecified atom stereocenters. The summed E-state index contributed by atoms with van der Waals surface area (Å²) in [4.78, 5) is 27.4. The molecular formula is C25H27N3O3. The smallest absolute Gasteiger partial charge is 0.313 e. The van der Waals surface area contributed by atoms with Gasteiger partial charge in [0.15, 0.2) is 0 Å². The molecule has 160 valence electrons. The maximum absolute atomic E-state index is 12.6. The number of nitrogens with zero attached hydrogens (tertiary/aromatic N) is 1. The fraction of sp³-hybridized carbons (Fsp3) is 0.280. The van der Waals surface area contributed by atoms with Crippen LogP contribution in [-0.2, 0) is 9.59 Å². The van der Waals surface area contributed by atoms with E-state index in [9.17, 15) is 9.59 Å². The number of benzene rings is 3. The zero-order valence-corrected chi connectivity index (χ0v) is 17.6. The van der Waals surface area contributed by atoms with Gasteiger partial charge in [0, 0.05) is 6.54 Å². The summed E-state index contributed by atoms with van der Waals surface area (Å²) in [6.07, 6.45) is 2.28. The number of anilines is 1.